The van der Waals surface area contributed by atoms with E-state index in [0.29, 0.717) is 24.7 Å². The molecule has 0 N–H and O–H groups in total. The van der Waals surface area contributed by atoms with Gasteiger partial charge in [-0.1, -0.05) is 6.92 Å². The van der Waals surface area contributed by atoms with Gasteiger partial charge in [0.15, 0.2) is 0 Å². The van der Waals surface area contributed by atoms with E-state index >= 15 is 0 Å². The Morgan fingerprint density at radius 1 is 1.90 bits per heavy atom. The molecule has 4 heteroatoms. The number of rotatable bonds is 1. The topological polar surface area (TPSA) is 29.5 Å². The lowest BCUT2D eigenvalue weighted by atomic mass is 10.4. The third-order valence-electron chi connectivity index (χ3n) is 1.36. The number of ether oxygens (including phenoxy) is 1. The largest absolute Gasteiger partial charge is 0.469 e. The predicted molar refractivity (Wildman–Crippen MR) is 40.6 cm³/mol. The Kier molecular flexibility index (Phi) is 2.21. The number of amides is 1. The molecule has 0 bridgehead atoms. The molecule has 0 unspecified atom stereocenters. The molecule has 0 aliphatic carbocycles. The first-order chi connectivity index (χ1) is 4.75. The molecule has 1 aliphatic heterocycles. The van der Waals surface area contributed by atoms with Gasteiger partial charge in [0.2, 0.25) is 5.91 Å². The third kappa shape index (κ3) is 1.26. The number of hydrogen-bond donors (Lipinski definition) is 0. The molecule has 1 aliphatic rings. The van der Waals surface area contributed by atoms with Crippen LogP contribution in [0, 0.1) is 0 Å². The van der Waals surface area contributed by atoms with Crippen molar-refractivity contribution in [2.45, 2.75) is 13.3 Å². The molecule has 56 valence electrons. The van der Waals surface area contributed by atoms with E-state index in [2.05, 4.69) is 0 Å². The Morgan fingerprint density at radius 2 is 2.60 bits per heavy atom. The van der Waals surface area contributed by atoms with Crippen molar-refractivity contribution in [1.82, 2.24) is 4.90 Å². The van der Waals surface area contributed by atoms with Crippen LogP contribution in [0.1, 0.15) is 13.3 Å². The van der Waals surface area contributed by atoms with Crippen molar-refractivity contribution in [2.24, 2.45) is 0 Å². The standard InChI is InChI=1S/C6H9NO2S/c1-2-5(8)7-3-4-9-6(7)10/h2-4H2,1H3. The fourth-order valence-electron chi connectivity index (χ4n) is 0.811. The van der Waals surface area contributed by atoms with Crippen LogP contribution in [0.3, 0.4) is 0 Å². The summed E-state index contributed by atoms with van der Waals surface area (Å²) in [6.07, 6.45) is 0.490. The highest BCUT2D eigenvalue weighted by molar-refractivity contribution is 7.80. The molecule has 0 aromatic rings. The maximum atomic E-state index is 11.0. The van der Waals surface area contributed by atoms with Crippen molar-refractivity contribution in [3.63, 3.8) is 0 Å². The molecule has 0 saturated carbocycles. The molecule has 0 atom stereocenters. The van der Waals surface area contributed by atoms with Crippen LogP contribution in [0.4, 0.5) is 0 Å². The van der Waals surface area contributed by atoms with E-state index in [9.17, 15) is 4.79 Å². The van der Waals surface area contributed by atoms with E-state index in [0.717, 1.165) is 0 Å². The van der Waals surface area contributed by atoms with Crippen molar-refractivity contribution in [3.05, 3.63) is 0 Å². The average molecular weight is 159 g/mol. The third-order valence-corrected chi connectivity index (χ3v) is 1.70. The summed E-state index contributed by atoms with van der Waals surface area (Å²) in [6, 6.07) is 0. The van der Waals surface area contributed by atoms with Crippen LogP contribution in [-0.4, -0.2) is 29.1 Å². The fourth-order valence-corrected chi connectivity index (χ4v) is 1.09. The minimum Gasteiger partial charge on any atom is -0.469 e. The second kappa shape index (κ2) is 2.96. The minimum absolute atomic E-state index is 0.0440. The summed E-state index contributed by atoms with van der Waals surface area (Å²) in [7, 11) is 0. The van der Waals surface area contributed by atoms with E-state index in [1.807, 2.05) is 6.92 Å². The summed E-state index contributed by atoms with van der Waals surface area (Å²) in [4.78, 5) is 12.5. The molecule has 1 amide bonds. The molecule has 0 aromatic carbocycles. The van der Waals surface area contributed by atoms with E-state index in [-0.39, 0.29) is 5.91 Å². The molecule has 1 fully saturated rings. The van der Waals surface area contributed by atoms with Gasteiger partial charge < -0.3 is 4.74 Å². The number of thiocarbonyl (C=S) groups is 1. The van der Waals surface area contributed by atoms with Crippen LogP contribution in [0.2, 0.25) is 0 Å². The summed E-state index contributed by atoms with van der Waals surface area (Å²) >= 11 is 4.77. The lowest BCUT2D eigenvalue weighted by Gasteiger charge is -2.09. The Balaban J connectivity index is 2.55. The second-order valence-corrected chi connectivity index (χ2v) is 2.36. The van der Waals surface area contributed by atoms with Crippen LogP contribution < -0.4 is 0 Å². The molecule has 0 aromatic heterocycles. The van der Waals surface area contributed by atoms with Gasteiger partial charge in [-0.3, -0.25) is 9.69 Å². The van der Waals surface area contributed by atoms with Gasteiger partial charge >= 0.3 is 0 Å². The molecule has 0 radical (unpaired) electrons. The van der Waals surface area contributed by atoms with Crippen LogP contribution in [0.25, 0.3) is 0 Å². The van der Waals surface area contributed by atoms with Crippen molar-refractivity contribution in [1.29, 1.82) is 0 Å². The van der Waals surface area contributed by atoms with Crippen molar-refractivity contribution in [2.75, 3.05) is 13.2 Å². The highest BCUT2D eigenvalue weighted by atomic mass is 32.1. The van der Waals surface area contributed by atoms with Crippen LogP contribution >= 0.6 is 12.2 Å². The zero-order chi connectivity index (χ0) is 7.56. The molecule has 3 nitrogen and oxygen atoms in total. The Bertz CT molecular complexity index is 169. The number of nitrogens with zero attached hydrogens (tertiary/aromatic N) is 1. The first-order valence-corrected chi connectivity index (χ1v) is 3.63. The molecular weight excluding hydrogens is 150 g/mol. The monoisotopic (exact) mass is 159 g/mol. The maximum absolute atomic E-state index is 11.0. The normalized spacial score (nSPS) is 17.3. The van der Waals surface area contributed by atoms with Crippen molar-refractivity contribution >= 4 is 23.3 Å². The molecule has 1 heterocycles. The quantitative estimate of drug-likeness (QED) is 0.523. The van der Waals surface area contributed by atoms with Crippen molar-refractivity contribution in [3.8, 4) is 0 Å². The van der Waals surface area contributed by atoms with Gasteiger partial charge in [-0.05, 0) is 12.2 Å². The Morgan fingerprint density at radius 3 is 3.00 bits per heavy atom. The second-order valence-electron chi connectivity index (χ2n) is 2.01. The highest BCUT2D eigenvalue weighted by Crippen LogP contribution is 2.04. The predicted octanol–water partition coefficient (Wildman–Crippen LogP) is 0.540. The van der Waals surface area contributed by atoms with Gasteiger partial charge in [0.05, 0.1) is 6.54 Å². The smallest absolute Gasteiger partial charge is 0.266 e. The lowest BCUT2D eigenvalue weighted by molar-refractivity contribution is -0.126. The van der Waals surface area contributed by atoms with Crippen LogP contribution in [0.5, 0.6) is 0 Å². The van der Waals surface area contributed by atoms with Gasteiger partial charge in [-0.25, -0.2) is 0 Å². The van der Waals surface area contributed by atoms with Gasteiger partial charge in [-0.15, -0.1) is 0 Å². The number of hydrogen-bond acceptors (Lipinski definition) is 3. The maximum Gasteiger partial charge on any atom is 0.266 e. The zero-order valence-electron chi connectivity index (χ0n) is 5.79. The summed E-state index contributed by atoms with van der Waals surface area (Å²) in [5.41, 5.74) is 0. The fraction of sp³-hybridized carbons (Fsp3) is 0.667. The minimum atomic E-state index is 0.0440. The van der Waals surface area contributed by atoms with E-state index in [1.54, 1.807) is 0 Å². The average Bonchev–Trinajstić information content (AvgIpc) is 2.34. The van der Waals surface area contributed by atoms with E-state index in [1.165, 1.54) is 4.90 Å². The number of carbonyl (C=O) groups is 1. The SMILES string of the molecule is CCC(=O)N1CCOC1=S. The van der Waals surface area contributed by atoms with Crippen LogP contribution in [-0.2, 0) is 9.53 Å². The molecule has 1 saturated heterocycles. The van der Waals surface area contributed by atoms with Gasteiger partial charge in [0.1, 0.15) is 6.61 Å². The Labute approximate surface area is 65.0 Å². The summed E-state index contributed by atoms with van der Waals surface area (Å²) < 4.78 is 4.92. The molecule has 10 heavy (non-hydrogen) atoms. The lowest BCUT2D eigenvalue weighted by Crippen LogP contribution is -2.30. The van der Waals surface area contributed by atoms with Gasteiger partial charge in [-0.2, -0.15) is 0 Å². The zero-order valence-corrected chi connectivity index (χ0v) is 6.61. The van der Waals surface area contributed by atoms with E-state index < -0.39 is 0 Å². The molecule has 0 spiro atoms. The van der Waals surface area contributed by atoms with E-state index in [4.69, 9.17) is 17.0 Å². The first-order valence-electron chi connectivity index (χ1n) is 3.23. The van der Waals surface area contributed by atoms with Crippen molar-refractivity contribution < 1.29 is 9.53 Å². The highest BCUT2D eigenvalue weighted by Gasteiger charge is 2.22. The summed E-state index contributed by atoms with van der Waals surface area (Å²) in [5.74, 6) is 0.0440. The van der Waals surface area contributed by atoms with Gasteiger partial charge in [0, 0.05) is 6.42 Å². The number of carbonyl (C=O) groups excluding carboxylic acids is 1. The first kappa shape index (κ1) is 7.47. The summed E-state index contributed by atoms with van der Waals surface area (Å²) in [6.45, 7) is 2.97. The van der Waals surface area contributed by atoms with Gasteiger partial charge in [0.25, 0.3) is 5.17 Å². The summed E-state index contributed by atoms with van der Waals surface area (Å²) in [5, 5.41) is 0.326. The molecular formula is C6H9NO2S. The molecule has 1 rings (SSSR count). The Hall–Kier alpha value is -0.640. The van der Waals surface area contributed by atoms with Crippen LogP contribution in [0.15, 0.2) is 0 Å².